The van der Waals surface area contributed by atoms with Crippen LogP contribution in [-0.2, 0) is 0 Å². The molecular formula is C7H12ClN3OS2. The van der Waals surface area contributed by atoms with E-state index in [1.165, 1.54) is 0 Å². The Morgan fingerprint density at radius 2 is 2.36 bits per heavy atom. The third-order valence-corrected chi connectivity index (χ3v) is 3.34. The van der Waals surface area contributed by atoms with Crippen molar-refractivity contribution in [2.45, 2.75) is 12.5 Å². The maximum Gasteiger partial charge on any atom is 0.186 e. The minimum Gasteiger partial charge on any atom is -0.387 e. The minimum atomic E-state index is -0.758. The van der Waals surface area contributed by atoms with E-state index < -0.39 is 5.60 Å². The number of nitrogens with one attached hydrogen (secondary N) is 1. The number of thioether (sulfide) groups is 1. The smallest absolute Gasteiger partial charge is 0.186 e. The number of aliphatic hydroxyl groups is 1. The largest absolute Gasteiger partial charge is 0.387 e. The highest BCUT2D eigenvalue weighted by molar-refractivity contribution is 7.98. The highest BCUT2D eigenvalue weighted by Crippen LogP contribution is 2.19. The lowest BCUT2D eigenvalue weighted by Gasteiger charge is -2.22. The topological polar surface area (TPSA) is 58.0 Å². The molecule has 4 nitrogen and oxygen atoms in total. The normalized spacial score (nSPS) is 15.1. The Labute approximate surface area is 96.4 Å². The number of halogens is 1. The van der Waals surface area contributed by atoms with Crippen LogP contribution in [0.3, 0.4) is 0 Å². The van der Waals surface area contributed by atoms with Gasteiger partial charge in [0, 0.05) is 12.3 Å². The minimum absolute atomic E-state index is 0.356. The van der Waals surface area contributed by atoms with Crippen LogP contribution in [0.2, 0.25) is 5.15 Å². The predicted molar refractivity (Wildman–Crippen MR) is 62.4 cm³/mol. The van der Waals surface area contributed by atoms with Crippen LogP contribution in [0.1, 0.15) is 6.92 Å². The van der Waals surface area contributed by atoms with Gasteiger partial charge in [0.05, 0.1) is 17.3 Å². The molecule has 0 saturated carbocycles. The highest BCUT2D eigenvalue weighted by atomic mass is 35.5. The van der Waals surface area contributed by atoms with E-state index in [0.29, 0.717) is 23.3 Å². The molecule has 80 valence electrons. The van der Waals surface area contributed by atoms with Crippen LogP contribution in [0, 0.1) is 0 Å². The molecule has 0 saturated heterocycles. The fourth-order valence-corrected chi connectivity index (χ4v) is 2.33. The molecule has 0 fully saturated rings. The van der Waals surface area contributed by atoms with Gasteiger partial charge in [0.1, 0.15) is 0 Å². The summed E-state index contributed by atoms with van der Waals surface area (Å²) in [6.45, 7) is 2.18. The molecule has 1 aromatic heterocycles. The number of anilines is 1. The van der Waals surface area contributed by atoms with Crippen LogP contribution < -0.4 is 5.32 Å². The van der Waals surface area contributed by atoms with Crippen molar-refractivity contribution in [1.29, 1.82) is 0 Å². The SMILES string of the molecule is CSCC(C)(O)CNc1nsnc1Cl. The van der Waals surface area contributed by atoms with Crippen LogP contribution in [-0.4, -0.2) is 38.0 Å². The quantitative estimate of drug-likeness (QED) is 0.837. The van der Waals surface area contributed by atoms with Crippen molar-refractivity contribution in [2.24, 2.45) is 0 Å². The van der Waals surface area contributed by atoms with E-state index >= 15 is 0 Å². The second-order valence-electron chi connectivity index (χ2n) is 3.19. The summed E-state index contributed by atoms with van der Waals surface area (Å²) < 4.78 is 7.76. The number of aromatic nitrogens is 2. The van der Waals surface area contributed by atoms with Crippen molar-refractivity contribution in [3.63, 3.8) is 0 Å². The molecule has 14 heavy (non-hydrogen) atoms. The van der Waals surface area contributed by atoms with Crippen LogP contribution in [0.4, 0.5) is 5.82 Å². The molecule has 2 N–H and O–H groups in total. The molecule has 0 spiro atoms. The molecule has 0 aliphatic carbocycles. The summed E-state index contributed by atoms with van der Waals surface area (Å²) >= 11 is 8.38. The summed E-state index contributed by atoms with van der Waals surface area (Å²) in [5, 5.41) is 13.1. The monoisotopic (exact) mass is 253 g/mol. The van der Waals surface area contributed by atoms with E-state index in [1.54, 1.807) is 18.7 Å². The Kier molecular flexibility index (Phi) is 4.43. The van der Waals surface area contributed by atoms with Crippen LogP contribution in [0.15, 0.2) is 0 Å². The van der Waals surface area contributed by atoms with E-state index in [-0.39, 0.29) is 0 Å². The lowest BCUT2D eigenvalue weighted by Crippen LogP contribution is -2.36. The third-order valence-electron chi connectivity index (χ3n) is 1.54. The summed E-state index contributed by atoms with van der Waals surface area (Å²) in [5.41, 5.74) is -0.758. The first-order valence-electron chi connectivity index (χ1n) is 3.98. The first-order chi connectivity index (χ1) is 6.55. The Bertz CT molecular complexity index is 292. The molecule has 1 heterocycles. The van der Waals surface area contributed by atoms with E-state index in [4.69, 9.17) is 11.6 Å². The van der Waals surface area contributed by atoms with Gasteiger partial charge in [-0.05, 0) is 13.2 Å². The van der Waals surface area contributed by atoms with E-state index in [9.17, 15) is 5.11 Å². The lowest BCUT2D eigenvalue weighted by molar-refractivity contribution is 0.0996. The van der Waals surface area contributed by atoms with Crippen LogP contribution in [0.25, 0.3) is 0 Å². The standard InChI is InChI=1S/C7H12ClN3OS2/c1-7(12,4-13-2)3-9-6-5(8)10-14-11-6/h12H,3-4H2,1-2H3,(H,9,11). The second kappa shape index (κ2) is 5.16. The first kappa shape index (κ1) is 12.0. The maximum absolute atomic E-state index is 9.83. The van der Waals surface area contributed by atoms with Crippen molar-refractivity contribution >= 4 is 40.9 Å². The zero-order valence-electron chi connectivity index (χ0n) is 7.95. The van der Waals surface area contributed by atoms with E-state index in [1.807, 2.05) is 6.26 Å². The molecule has 0 amide bonds. The van der Waals surface area contributed by atoms with Gasteiger partial charge in [0.2, 0.25) is 0 Å². The molecule has 0 radical (unpaired) electrons. The first-order valence-corrected chi connectivity index (χ1v) is 6.48. The summed E-state index contributed by atoms with van der Waals surface area (Å²) in [7, 11) is 0. The second-order valence-corrected chi connectivity index (χ2v) is 4.94. The molecule has 1 unspecified atom stereocenters. The van der Waals surface area contributed by atoms with Gasteiger partial charge in [-0.15, -0.1) is 0 Å². The zero-order valence-corrected chi connectivity index (χ0v) is 10.3. The molecule has 0 aliphatic rings. The van der Waals surface area contributed by atoms with Crippen molar-refractivity contribution in [2.75, 3.05) is 23.9 Å². The van der Waals surface area contributed by atoms with Crippen molar-refractivity contribution in [1.82, 2.24) is 8.75 Å². The molecule has 0 aliphatic heterocycles. The summed E-state index contributed by atoms with van der Waals surface area (Å²) in [6.07, 6.45) is 1.95. The van der Waals surface area contributed by atoms with E-state index in [2.05, 4.69) is 14.1 Å². The molecule has 0 aromatic carbocycles. The van der Waals surface area contributed by atoms with Gasteiger partial charge >= 0.3 is 0 Å². The molecule has 0 bridgehead atoms. The predicted octanol–water partition coefficient (Wildman–Crippen LogP) is 1.72. The van der Waals surface area contributed by atoms with Gasteiger partial charge < -0.3 is 10.4 Å². The average molecular weight is 254 g/mol. The summed E-state index contributed by atoms with van der Waals surface area (Å²) in [5.74, 6) is 1.20. The summed E-state index contributed by atoms with van der Waals surface area (Å²) in [6, 6.07) is 0. The fraction of sp³-hybridized carbons (Fsp3) is 0.714. The van der Waals surface area contributed by atoms with Crippen molar-refractivity contribution < 1.29 is 5.11 Å². The molecular weight excluding hydrogens is 242 g/mol. The number of nitrogens with zero attached hydrogens (tertiary/aromatic N) is 2. The van der Waals surface area contributed by atoms with Gasteiger partial charge in [0.25, 0.3) is 0 Å². The third kappa shape index (κ3) is 3.61. The molecule has 1 aromatic rings. The molecule has 1 rings (SSSR count). The van der Waals surface area contributed by atoms with Gasteiger partial charge in [-0.25, -0.2) is 0 Å². The fourth-order valence-electron chi connectivity index (χ4n) is 0.919. The van der Waals surface area contributed by atoms with Gasteiger partial charge in [-0.2, -0.15) is 20.5 Å². The zero-order chi connectivity index (χ0) is 10.6. The number of rotatable bonds is 5. The maximum atomic E-state index is 9.83. The van der Waals surface area contributed by atoms with Crippen LogP contribution in [0.5, 0.6) is 0 Å². The molecule has 1 atom stereocenters. The lowest BCUT2D eigenvalue weighted by atomic mass is 10.1. The van der Waals surface area contributed by atoms with Crippen molar-refractivity contribution in [3.8, 4) is 0 Å². The van der Waals surface area contributed by atoms with Crippen molar-refractivity contribution in [3.05, 3.63) is 5.15 Å². The Morgan fingerprint density at radius 1 is 1.64 bits per heavy atom. The van der Waals surface area contributed by atoms with Gasteiger partial charge in [-0.3, -0.25) is 0 Å². The van der Waals surface area contributed by atoms with Crippen LogP contribution >= 0.6 is 35.1 Å². The highest BCUT2D eigenvalue weighted by Gasteiger charge is 2.20. The average Bonchev–Trinajstić information content (AvgIpc) is 2.48. The Morgan fingerprint density at radius 3 is 2.86 bits per heavy atom. The van der Waals surface area contributed by atoms with Gasteiger partial charge in [0.15, 0.2) is 11.0 Å². The molecule has 7 heteroatoms. The van der Waals surface area contributed by atoms with Gasteiger partial charge in [-0.1, -0.05) is 11.6 Å². The summed E-state index contributed by atoms with van der Waals surface area (Å²) in [4.78, 5) is 0. The number of hydrogen-bond donors (Lipinski definition) is 2. The van der Waals surface area contributed by atoms with E-state index in [0.717, 1.165) is 11.7 Å². The number of hydrogen-bond acceptors (Lipinski definition) is 6. The Balaban J connectivity index is 2.44. The Hall–Kier alpha value is -0.0400.